The number of hydrogen-bond acceptors (Lipinski definition) is 5. The molecule has 94 valence electrons. The summed E-state index contributed by atoms with van der Waals surface area (Å²) in [6.45, 7) is 0.694. The van der Waals surface area contributed by atoms with Crippen molar-refractivity contribution in [2.75, 3.05) is 32.2 Å². The molecule has 3 N–H and O–H groups in total. The minimum absolute atomic E-state index is 0.0332. The van der Waals surface area contributed by atoms with Crippen molar-refractivity contribution in [1.29, 1.82) is 0 Å². The number of nitrogens with two attached hydrogens (primary N) is 1. The van der Waals surface area contributed by atoms with E-state index in [9.17, 15) is 4.79 Å². The molecular formula is C12H17NO4. The zero-order valence-electron chi connectivity index (χ0n) is 9.59. The zero-order valence-corrected chi connectivity index (χ0v) is 9.59. The van der Waals surface area contributed by atoms with Crippen LogP contribution in [0.1, 0.15) is 5.56 Å². The molecule has 0 aromatic heterocycles. The van der Waals surface area contributed by atoms with Gasteiger partial charge < -0.3 is 20.3 Å². The van der Waals surface area contributed by atoms with Crippen LogP contribution in [-0.2, 0) is 20.7 Å². The molecule has 0 atom stereocenters. The summed E-state index contributed by atoms with van der Waals surface area (Å²) in [4.78, 5) is 11.4. The van der Waals surface area contributed by atoms with Gasteiger partial charge in [0.2, 0.25) is 0 Å². The number of rotatable bonds is 7. The summed E-state index contributed by atoms with van der Waals surface area (Å²) in [5, 5.41) is 8.45. The molecule has 0 fully saturated rings. The third-order valence-electron chi connectivity index (χ3n) is 2.12. The Morgan fingerprint density at radius 2 is 2.00 bits per heavy atom. The molecule has 0 amide bonds. The molecule has 1 aromatic rings. The van der Waals surface area contributed by atoms with Gasteiger partial charge in [0.25, 0.3) is 0 Å². The lowest BCUT2D eigenvalue weighted by Gasteiger charge is -2.06. The van der Waals surface area contributed by atoms with Crippen molar-refractivity contribution in [1.82, 2.24) is 0 Å². The largest absolute Gasteiger partial charge is 0.463 e. The predicted octanol–water partition coefficient (Wildman–Crippen LogP) is 0.363. The van der Waals surface area contributed by atoms with Crippen LogP contribution in [0, 0.1) is 0 Å². The van der Waals surface area contributed by atoms with Crippen LogP contribution in [0.15, 0.2) is 24.3 Å². The van der Waals surface area contributed by atoms with Crippen LogP contribution in [-0.4, -0.2) is 37.5 Å². The first-order valence-corrected chi connectivity index (χ1v) is 5.41. The Balaban J connectivity index is 2.23. The smallest absolute Gasteiger partial charge is 0.310 e. The number of aliphatic hydroxyl groups excluding tert-OH is 1. The maximum Gasteiger partial charge on any atom is 0.310 e. The van der Waals surface area contributed by atoms with Crippen molar-refractivity contribution < 1.29 is 19.4 Å². The van der Waals surface area contributed by atoms with Gasteiger partial charge in [0, 0.05) is 5.69 Å². The molecule has 1 aromatic carbocycles. The molecule has 1 rings (SSSR count). The van der Waals surface area contributed by atoms with E-state index in [4.69, 9.17) is 20.3 Å². The summed E-state index contributed by atoms with van der Waals surface area (Å²) >= 11 is 0. The van der Waals surface area contributed by atoms with Crippen LogP contribution in [0.3, 0.4) is 0 Å². The Hall–Kier alpha value is -1.59. The highest BCUT2D eigenvalue weighted by Crippen LogP contribution is 2.11. The quantitative estimate of drug-likeness (QED) is 0.408. The molecule has 0 aliphatic rings. The number of nitrogen functional groups attached to an aromatic ring is 1. The monoisotopic (exact) mass is 239 g/mol. The molecule has 0 saturated carbocycles. The molecule has 0 aliphatic heterocycles. The van der Waals surface area contributed by atoms with Crippen molar-refractivity contribution in [3.8, 4) is 0 Å². The van der Waals surface area contributed by atoms with E-state index in [0.717, 1.165) is 5.56 Å². The fourth-order valence-electron chi connectivity index (χ4n) is 1.28. The van der Waals surface area contributed by atoms with Gasteiger partial charge in [-0.2, -0.15) is 0 Å². The van der Waals surface area contributed by atoms with Crippen molar-refractivity contribution >= 4 is 11.7 Å². The Bertz CT molecular complexity index is 354. The third-order valence-corrected chi connectivity index (χ3v) is 2.12. The highest BCUT2D eigenvalue weighted by molar-refractivity contribution is 5.74. The molecule has 0 spiro atoms. The number of carbonyl (C=O) groups excluding carboxylic acids is 1. The average molecular weight is 239 g/mol. The van der Waals surface area contributed by atoms with E-state index in [1.54, 1.807) is 12.1 Å². The molecule has 0 radical (unpaired) electrons. The van der Waals surface area contributed by atoms with E-state index in [-0.39, 0.29) is 38.8 Å². The van der Waals surface area contributed by atoms with Crippen LogP contribution in [0.4, 0.5) is 5.69 Å². The van der Waals surface area contributed by atoms with Crippen LogP contribution in [0.25, 0.3) is 0 Å². The minimum Gasteiger partial charge on any atom is -0.463 e. The number of aliphatic hydroxyl groups is 1. The van der Waals surface area contributed by atoms with E-state index >= 15 is 0 Å². The maximum atomic E-state index is 11.4. The van der Waals surface area contributed by atoms with Gasteiger partial charge >= 0.3 is 5.97 Å². The Labute approximate surface area is 100 Å². The second-order valence-corrected chi connectivity index (χ2v) is 3.43. The minimum atomic E-state index is -0.338. The van der Waals surface area contributed by atoms with Crippen molar-refractivity contribution in [3.63, 3.8) is 0 Å². The summed E-state index contributed by atoms with van der Waals surface area (Å²) < 4.78 is 9.90. The Morgan fingerprint density at radius 3 is 2.71 bits per heavy atom. The van der Waals surface area contributed by atoms with Gasteiger partial charge in [-0.15, -0.1) is 0 Å². The summed E-state index contributed by atoms with van der Waals surface area (Å²) in [7, 11) is 0. The van der Waals surface area contributed by atoms with Gasteiger partial charge in [0.1, 0.15) is 6.61 Å². The molecule has 0 unspecified atom stereocenters. The lowest BCUT2D eigenvalue weighted by atomic mass is 10.1. The normalized spacial score (nSPS) is 10.2. The predicted molar refractivity (Wildman–Crippen MR) is 63.4 cm³/mol. The van der Waals surface area contributed by atoms with Crippen LogP contribution >= 0.6 is 0 Å². The van der Waals surface area contributed by atoms with E-state index in [2.05, 4.69) is 0 Å². The first kappa shape index (κ1) is 13.5. The van der Waals surface area contributed by atoms with E-state index in [1.807, 2.05) is 12.1 Å². The second kappa shape index (κ2) is 7.65. The van der Waals surface area contributed by atoms with Gasteiger partial charge in [0.15, 0.2) is 0 Å². The third kappa shape index (κ3) is 5.33. The maximum absolute atomic E-state index is 11.4. The molecule has 5 nitrogen and oxygen atoms in total. The van der Waals surface area contributed by atoms with Crippen LogP contribution < -0.4 is 5.73 Å². The molecule has 0 bridgehead atoms. The molecular weight excluding hydrogens is 222 g/mol. The number of para-hydroxylation sites is 1. The number of hydrogen-bond donors (Lipinski definition) is 2. The lowest BCUT2D eigenvalue weighted by Crippen LogP contribution is -2.14. The number of esters is 1. The number of carbonyl (C=O) groups is 1. The van der Waals surface area contributed by atoms with E-state index in [0.29, 0.717) is 5.69 Å². The van der Waals surface area contributed by atoms with Gasteiger partial charge in [-0.05, 0) is 11.6 Å². The first-order valence-electron chi connectivity index (χ1n) is 5.41. The SMILES string of the molecule is Nc1ccccc1CC(=O)OCCOCCO. The van der Waals surface area contributed by atoms with Crippen molar-refractivity contribution in [2.45, 2.75) is 6.42 Å². The van der Waals surface area contributed by atoms with Crippen LogP contribution in [0.2, 0.25) is 0 Å². The van der Waals surface area contributed by atoms with Gasteiger partial charge in [-0.3, -0.25) is 4.79 Å². The summed E-state index contributed by atoms with van der Waals surface area (Å²) in [5.41, 5.74) is 7.05. The Kier molecular flexibility index (Phi) is 6.06. The van der Waals surface area contributed by atoms with Crippen molar-refractivity contribution in [3.05, 3.63) is 29.8 Å². The topological polar surface area (TPSA) is 81.8 Å². The van der Waals surface area contributed by atoms with E-state index in [1.165, 1.54) is 0 Å². The lowest BCUT2D eigenvalue weighted by molar-refractivity contribution is -0.144. The Morgan fingerprint density at radius 1 is 1.24 bits per heavy atom. The van der Waals surface area contributed by atoms with Gasteiger partial charge in [-0.1, -0.05) is 18.2 Å². The fourth-order valence-corrected chi connectivity index (χ4v) is 1.28. The van der Waals surface area contributed by atoms with Crippen molar-refractivity contribution in [2.24, 2.45) is 0 Å². The molecule has 0 heterocycles. The summed E-state index contributed by atoms with van der Waals surface area (Å²) in [6.07, 6.45) is 0.159. The van der Waals surface area contributed by atoms with Crippen LogP contribution in [0.5, 0.6) is 0 Å². The number of anilines is 1. The molecule has 0 saturated heterocycles. The summed E-state index contributed by atoms with van der Waals surface area (Å²) in [5.74, 6) is -0.338. The number of benzene rings is 1. The fraction of sp³-hybridized carbons (Fsp3) is 0.417. The highest BCUT2D eigenvalue weighted by Gasteiger charge is 2.06. The average Bonchev–Trinajstić information content (AvgIpc) is 2.32. The van der Waals surface area contributed by atoms with Gasteiger partial charge in [-0.25, -0.2) is 0 Å². The number of ether oxygens (including phenoxy) is 2. The van der Waals surface area contributed by atoms with Gasteiger partial charge in [0.05, 0.1) is 26.2 Å². The highest BCUT2D eigenvalue weighted by atomic mass is 16.6. The van der Waals surface area contributed by atoms with E-state index < -0.39 is 0 Å². The summed E-state index contributed by atoms with van der Waals surface area (Å²) in [6, 6.07) is 7.17. The standard InChI is InChI=1S/C12H17NO4/c13-11-4-2-1-3-10(11)9-12(15)17-8-7-16-6-5-14/h1-4,14H,5-9,13H2. The second-order valence-electron chi connectivity index (χ2n) is 3.43. The molecule has 5 heteroatoms. The molecule has 0 aliphatic carbocycles. The molecule has 17 heavy (non-hydrogen) atoms. The first-order chi connectivity index (χ1) is 8.24. The zero-order chi connectivity index (χ0) is 12.5.